The summed E-state index contributed by atoms with van der Waals surface area (Å²) >= 11 is 4.25. The second kappa shape index (κ2) is 4.27. The molecule has 3 nitrogen and oxygen atoms in total. The Morgan fingerprint density at radius 1 is 1.62 bits per heavy atom. The summed E-state index contributed by atoms with van der Waals surface area (Å²) in [5.74, 6) is 0. The van der Waals surface area contributed by atoms with Crippen LogP contribution >= 0.6 is 37.9 Å². The zero-order valence-corrected chi connectivity index (χ0v) is 10.3. The van der Waals surface area contributed by atoms with Crippen molar-refractivity contribution >= 4 is 47.0 Å². The van der Waals surface area contributed by atoms with Gasteiger partial charge in [0, 0.05) is 33.1 Å². The topological polar surface area (TPSA) is 54.4 Å². The predicted octanol–water partition coefficient (Wildman–Crippen LogP) is 1.97. The first-order valence-electron chi connectivity index (χ1n) is 3.29. The van der Waals surface area contributed by atoms with Crippen molar-refractivity contribution in [1.82, 2.24) is 0 Å². The molecule has 1 aromatic heterocycles. The first-order valence-corrected chi connectivity index (χ1v) is 7.20. The molecule has 74 valence electrons. The number of thiophene rings is 1. The summed E-state index contributed by atoms with van der Waals surface area (Å²) in [5.41, 5.74) is 0. The van der Waals surface area contributed by atoms with Crippen molar-refractivity contribution in [2.45, 2.75) is 10.6 Å². The molecule has 1 rings (SSSR count). The minimum Gasteiger partial charge on any atom is -0.396 e. The van der Waals surface area contributed by atoms with Crippen LogP contribution in [0.1, 0.15) is 4.88 Å². The summed E-state index contributed by atoms with van der Waals surface area (Å²) in [6, 6.07) is 1.44. The Labute approximate surface area is 92.9 Å². The molecule has 7 heteroatoms. The van der Waals surface area contributed by atoms with Crippen LogP contribution in [0, 0.1) is 0 Å². The van der Waals surface area contributed by atoms with Gasteiger partial charge in [-0.1, -0.05) is 0 Å². The van der Waals surface area contributed by atoms with E-state index in [-0.39, 0.29) is 10.8 Å². The molecule has 0 aromatic carbocycles. The highest BCUT2D eigenvalue weighted by Gasteiger charge is 2.16. The summed E-state index contributed by atoms with van der Waals surface area (Å²) in [6.07, 6.45) is 0.428. The Morgan fingerprint density at radius 2 is 2.23 bits per heavy atom. The lowest BCUT2D eigenvalue weighted by molar-refractivity contribution is 0.300. The van der Waals surface area contributed by atoms with Gasteiger partial charge >= 0.3 is 0 Å². The fourth-order valence-electron chi connectivity index (χ4n) is 0.776. The maximum Gasteiger partial charge on any atom is 0.270 e. The number of rotatable bonds is 3. The lowest BCUT2D eigenvalue weighted by Crippen LogP contribution is -1.86. The number of hydrogen-bond donors (Lipinski definition) is 1. The Morgan fingerprint density at radius 3 is 2.62 bits per heavy atom. The number of hydrogen-bond acceptors (Lipinski definition) is 4. The van der Waals surface area contributed by atoms with Crippen LogP contribution in [-0.2, 0) is 15.5 Å². The Hall–Kier alpha value is 0.380. The van der Waals surface area contributed by atoms with E-state index in [2.05, 4.69) is 15.9 Å². The van der Waals surface area contributed by atoms with E-state index in [9.17, 15) is 8.42 Å². The number of aliphatic hydroxyl groups is 1. The third-order valence-electron chi connectivity index (χ3n) is 1.31. The van der Waals surface area contributed by atoms with Crippen molar-refractivity contribution in [3.05, 3.63) is 15.4 Å². The van der Waals surface area contributed by atoms with E-state index in [1.165, 1.54) is 6.07 Å². The predicted molar refractivity (Wildman–Crippen MR) is 55.8 cm³/mol. The number of aliphatic hydroxyl groups excluding tert-OH is 1. The van der Waals surface area contributed by atoms with Crippen LogP contribution in [0.2, 0.25) is 0 Å². The van der Waals surface area contributed by atoms with Crippen molar-refractivity contribution in [1.29, 1.82) is 0 Å². The van der Waals surface area contributed by atoms with Gasteiger partial charge in [0.05, 0.1) is 0 Å². The molecule has 0 fully saturated rings. The molecule has 0 amide bonds. The van der Waals surface area contributed by atoms with Gasteiger partial charge in [0.15, 0.2) is 0 Å². The van der Waals surface area contributed by atoms with Crippen LogP contribution in [0.5, 0.6) is 0 Å². The molecule has 0 aliphatic heterocycles. The molecular formula is C6H6BrClO3S2. The minimum atomic E-state index is -3.64. The summed E-state index contributed by atoms with van der Waals surface area (Å²) < 4.78 is 22.6. The lowest BCUT2D eigenvalue weighted by Gasteiger charge is -1.90. The highest BCUT2D eigenvalue weighted by molar-refractivity contribution is 9.10. The summed E-state index contributed by atoms with van der Waals surface area (Å²) in [7, 11) is 1.50. The van der Waals surface area contributed by atoms with E-state index in [0.717, 1.165) is 16.2 Å². The van der Waals surface area contributed by atoms with E-state index in [4.69, 9.17) is 15.8 Å². The average molecular weight is 306 g/mol. The van der Waals surface area contributed by atoms with Crippen LogP contribution in [0.3, 0.4) is 0 Å². The van der Waals surface area contributed by atoms with Crippen LogP contribution in [0.4, 0.5) is 0 Å². The Balaban J connectivity index is 3.09. The fraction of sp³-hybridized carbons (Fsp3) is 0.333. The molecule has 13 heavy (non-hydrogen) atoms. The maximum absolute atomic E-state index is 10.9. The number of halogens is 2. The quantitative estimate of drug-likeness (QED) is 0.869. The molecule has 1 heterocycles. The molecule has 0 atom stereocenters. The smallest absolute Gasteiger partial charge is 0.270 e. The van der Waals surface area contributed by atoms with E-state index in [1.807, 2.05) is 0 Å². The normalized spacial score (nSPS) is 11.9. The summed E-state index contributed by atoms with van der Waals surface area (Å²) in [4.78, 5) is 0.779. The molecule has 0 bridgehead atoms. The van der Waals surface area contributed by atoms with Crippen molar-refractivity contribution in [3.8, 4) is 0 Å². The molecule has 1 aromatic rings. The van der Waals surface area contributed by atoms with Gasteiger partial charge in [-0.15, -0.1) is 11.3 Å². The van der Waals surface area contributed by atoms with E-state index in [1.54, 1.807) is 0 Å². The standard InChI is InChI=1S/C6H6BrClO3S2/c7-4-3-6(13(8,10)11)12-5(4)1-2-9/h3,9H,1-2H2. The largest absolute Gasteiger partial charge is 0.396 e. The molecule has 0 unspecified atom stereocenters. The highest BCUT2D eigenvalue weighted by atomic mass is 79.9. The molecule has 0 saturated heterocycles. The van der Waals surface area contributed by atoms with Crippen LogP contribution < -0.4 is 0 Å². The minimum absolute atomic E-state index is 0.0130. The van der Waals surface area contributed by atoms with Gasteiger partial charge in [-0.2, -0.15) is 0 Å². The van der Waals surface area contributed by atoms with E-state index >= 15 is 0 Å². The van der Waals surface area contributed by atoms with Gasteiger partial charge in [0.2, 0.25) is 0 Å². The average Bonchev–Trinajstić information content (AvgIpc) is 2.32. The zero-order chi connectivity index (χ0) is 10.1. The molecular weight excluding hydrogens is 300 g/mol. The third-order valence-corrected chi connectivity index (χ3v) is 5.55. The van der Waals surface area contributed by atoms with Gasteiger partial charge in [0.25, 0.3) is 9.05 Å². The van der Waals surface area contributed by atoms with Crippen molar-refractivity contribution in [2.24, 2.45) is 0 Å². The van der Waals surface area contributed by atoms with Crippen molar-refractivity contribution in [3.63, 3.8) is 0 Å². The van der Waals surface area contributed by atoms with Gasteiger partial charge < -0.3 is 5.11 Å². The summed E-state index contributed by atoms with van der Waals surface area (Å²) in [5, 5.41) is 8.66. The summed E-state index contributed by atoms with van der Waals surface area (Å²) in [6.45, 7) is -0.0130. The van der Waals surface area contributed by atoms with Crippen LogP contribution in [0.25, 0.3) is 0 Å². The Kier molecular flexibility index (Phi) is 3.76. The van der Waals surface area contributed by atoms with Gasteiger partial charge in [-0.3, -0.25) is 0 Å². The van der Waals surface area contributed by atoms with Gasteiger partial charge in [-0.05, 0) is 22.0 Å². The third kappa shape index (κ3) is 2.92. The van der Waals surface area contributed by atoms with Crippen molar-refractivity contribution in [2.75, 3.05) is 6.61 Å². The van der Waals surface area contributed by atoms with Gasteiger partial charge in [0.1, 0.15) is 4.21 Å². The SMILES string of the molecule is O=S(=O)(Cl)c1cc(Br)c(CCO)s1. The highest BCUT2D eigenvalue weighted by Crippen LogP contribution is 2.32. The van der Waals surface area contributed by atoms with E-state index < -0.39 is 9.05 Å². The molecule has 0 spiro atoms. The van der Waals surface area contributed by atoms with Gasteiger partial charge in [-0.25, -0.2) is 8.42 Å². The molecule has 0 aliphatic rings. The first kappa shape index (κ1) is 11.5. The molecule has 0 aliphatic carbocycles. The van der Waals surface area contributed by atoms with Crippen LogP contribution in [0.15, 0.2) is 14.7 Å². The molecule has 1 N–H and O–H groups in total. The lowest BCUT2D eigenvalue weighted by atomic mass is 10.4. The van der Waals surface area contributed by atoms with Crippen molar-refractivity contribution < 1.29 is 13.5 Å². The fourth-order valence-corrected chi connectivity index (χ4v) is 3.89. The van der Waals surface area contributed by atoms with E-state index in [0.29, 0.717) is 10.9 Å². The monoisotopic (exact) mass is 304 g/mol. The molecule has 0 saturated carbocycles. The first-order chi connectivity index (χ1) is 5.95. The maximum atomic E-state index is 10.9. The Bertz CT molecular complexity index is 398. The zero-order valence-electron chi connectivity index (χ0n) is 6.33. The van der Waals surface area contributed by atoms with Crippen LogP contribution in [-0.4, -0.2) is 20.1 Å². The molecule has 0 radical (unpaired) electrons. The second-order valence-electron chi connectivity index (χ2n) is 2.25. The second-order valence-corrected chi connectivity index (χ2v) is 7.03.